The van der Waals surface area contributed by atoms with Crippen molar-refractivity contribution in [2.45, 2.75) is 24.3 Å². The Morgan fingerprint density at radius 3 is 2.40 bits per heavy atom. The maximum Gasteiger partial charge on any atom is 0.231 e. The first kappa shape index (κ1) is 28.2. The minimum absolute atomic E-state index is 0.0264. The van der Waals surface area contributed by atoms with Crippen LogP contribution in [0.5, 0.6) is 0 Å². The number of aromatic nitrogens is 3. The second kappa shape index (κ2) is 10.5. The maximum absolute atomic E-state index is 5.62. The highest BCUT2D eigenvalue weighted by atomic mass is 15.3. The summed E-state index contributed by atoms with van der Waals surface area (Å²) in [6.07, 6.45) is 16.8. The lowest BCUT2D eigenvalue weighted by atomic mass is 9.80. The van der Waals surface area contributed by atoms with Crippen molar-refractivity contribution in [3.8, 4) is 16.9 Å². The predicted octanol–water partition coefficient (Wildman–Crippen LogP) is 11.7. The molecule has 52 heavy (non-hydrogen) atoms. The molecule has 0 radical (unpaired) electrons. The van der Waals surface area contributed by atoms with Gasteiger partial charge in [0.1, 0.15) is 0 Å². The van der Waals surface area contributed by atoms with E-state index in [2.05, 4.69) is 173 Å². The van der Waals surface area contributed by atoms with E-state index in [4.69, 9.17) is 9.97 Å². The molecule has 2 aliphatic carbocycles. The molecule has 12 rings (SSSR count). The van der Waals surface area contributed by atoms with Gasteiger partial charge in [-0.1, -0.05) is 140 Å². The molecular formula is C48H32N4. The number of hydrogen-bond donors (Lipinski definition) is 0. The minimum atomic E-state index is 0.0264. The summed E-state index contributed by atoms with van der Waals surface area (Å²) in [5.74, 6) is 1.17. The molecule has 3 unspecified atom stereocenters. The van der Waals surface area contributed by atoms with Crippen LogP contribution in [0, 0.1) is 0 Å². The van der Waals surface area contributed by atoms with Crippen molar-refractivity contribution in [3.63, 3.8) is 0 Å². The van der Waals surface area contributed by atoms with Crippen molar-refractivity contribution in [2.75, 3.05) is 4.90 Å². The Bertz CT molecular complexity index is 2960. The van der Waals surface area contributed by atoms with Crippen LogP contribution >= 0.6 is 0 Å². The van der Waals surface area contributed by atoms with Crippen molar-refractivity contribution in [1.82, 2.24) is 14.5 Å². The second-order valence-corrected chi connectivity index (χ2v) is 14.4. The molecule has 0 bridgehead atoms. The normalized spacial score (nSPS) is 19.5. The molecule has 0 N–H and O–H groups in total. The molecule has 4 nitrogen and oxygen atoms in total. The standard InChI is InChI=1S/C48H32N4/c1-3-13-29(14-4-1)32-19-9-17-30-27-28-37-44(42(30)32)46(31-15-5-2-6-16-31)50-48(49-37)52-39-24-11-20-34-36-22-10-21-35-33-18-7-8-23-38(33)51(47(35)36)40-25-12-26-41(52)45(40)43(34)39/h1-13,15-29,39,43H,14H2. The number of fused-ring (bicyclic) bond motifs is 8. The Labute approximate surface area is 301 Å². The molecule has 8 aromatic rings. The van der Waals surface area contributed by atoms with Crippen LogP contribution in [-0.4, -0.2) is 20.6 Å². The van der Waals surface area contributed by atoms with E-state index in [0.29, 0.717) is 5.92 Å². The summed E-state index contributed by atoms with van der Waals surface area (Å²) in [4.78, 5) is 13.6. The van der Waals surface area contributed by atoms with Gasteiger partial charge in [0, 0.05) is 44.7 Å². The quantitative estimate of drug-likeness (QED) is 0.176. The van der Waals surface area contributed by atoms with Crippen LogP contribution in [0.15, 0.2) is 164 Å². The first-order valence-electron chi connectivity index (χ1n) is 18.3. The summed E-state index contributed by atoms with van der Waals surface area (Å²) in [5.41, 5.74) is 13.3. The second-order valence-electron chi connectivity index (χ2n) is 14.4. The zero-order valence-electron chi connectivity index (χ0n) is 28.3. The van der Waals surface area contributed by atoms with Crippen LogP contribution in [0.3, 0.4) is 0 Å². The van der Waals surface area contributed by atoms with Gasteiger partial charge in [-0.05, 0) is 52.6 Å². The van der Waals surface area contributed by atoms with Gasteiger partial charge in [-0.2, -0.15) is 0 Å². The zero-order chi connectivity index (χ0) is 33.9. The number of para-hydroxylation sites is 2. The van der Waals surface area contributed by atoms with Crippen LogP contribution in [0.2, 0.25) is 0 Å². The maximum atomic E-state index is 5.62. The fourth-order valence-electron chi connectivity index (χ4n) is 9.71. The van der Waals surface area contributed by atoms with Crippen LogP contribution in [0.4, 0.5) is 11.6 Å². The van der Waals surface area contributed by atoms with Crippen LogP contribution in [0.1, 0.15) is 34.9 Å². The average Bonchev–Trinajstić information content (AvgIpc) is 3.70. The smallest absolute Gasteiger partial charge is 0.231 e. The summed E-state index contributed by atoms with van der Waals surface area (Å²) in [5, 5.41) is 6.16. The first-order valence-corrected chi connectivity index (χ1v) is 18.3. The lowest BCUT2D eigenvalue weighted by molar-refractivity contribution is 0.745. The molecular weight excluding hydrogens is 633 g/mol. The van der Waals surface area contributed by atoms with Gasteiger partial charge in [0.25, 0.3) is 0 Å². The molecule has 4 heterocycles. The predicted molar refractivity (Wildman–Crippen MR) is 215 cm³/mol. The molecule has 4 aliphatic rings. The van der Waals surface area contributed by atoms with Crippen molar-refractivity contribution >= 4 is 60.7 Å². The summed E-state index contributed by atoms with van der Waals surface area (Å²) < 4.78 is 2.51. The Morgan fingerprint density at radius 2 is 1.48 bits per heavy atom. The van der Waals surface area contributed by atoms with E-state index < -0.39 is 0 Å². The van der Waals surface area contributed by atoms with Gasteiger partial charge in [0.05, 0.1) is 39.7 Å². The molecule has 0 saturated carbocycles. The van der Waals surface area contributed by atoms with E-state index in [1.54, 1.807) is 0 Å². The Balaban J connectivity index is 1.15. The van der Waals surface area contributed by atoms with E-state index in [-0.39, 0.29) is 12.0 Å². The average molecular weight is 665 g/mol. The van der Waals surface area contributed by atoms with Crippen molar-refractivity contribution in [1.29, 1.82) is 0 Å². The number of rotatable bonds is 3. The molecule has 0 spiro atoms. The van der Waals surface area contributed by atoms with E-state index in [9.17, 15) is 0 Å². The minimum Gasteiger partial charge on any atom is -0.308 e. The SMILES string of the molecule is C1=CCC(c2cccc3ccc4nc(N5c6cccc7c6C6C(=CC=CC65)c5cccc6c8ccccc8n-7c56)nc(-c5ccccc5)c4c23)C=C1. The van der Waals surface area contributed by atoms with Crippen LogP contribution in [-0.2, 0) is 0 Å². The van der Waals surface area contributed by atoms with Gasteiger partial charge in [-0.3, -0.25) is 0 Å². The summed E-state index contributed by atoms with van der Waals surface area (Å²) in [6, 6.07) is 44.3. The highest BCUT2D eigenvalue weighted by molar-refractivity contribution is 6.16. The fraction of sp³-hybridized carbons (Fsp3) is 0.0833. The monoisotopic (exact) mass is 664 g/mol. The zero-order valence-corrected chi connectivity index (χ0v) is 28.3. The van der Waals surface area contributed by atoms with Crippen LogP contribution in [0.25, 0.3) is 66.0 Å². The number of benzene rings is 6. The highest BCUT2D eigenvalue weighted by Crippen LogP contribution is 2.57. The molecule has 6 aromatic carbocycles. The molecule has 0 saturated heterocycles. The van der Waals surface area contributed by atoms with Gasteiger partial charge < -0.3 is 9.47 Å². The van der Waals surface area contributed by atoms with Crippen LogP contribution < -0.4 is 4.90 Å². The van der Waals surface area contributed by atoms with Gasteiger partial charge in [0.2, 0.25) is 5.95 Å². The highest BCUT2D eigenvalue weighted by Gasteiger charge is 2.46. The van der Waals surface area contributed by atoms with E-state index in [1.165, 1.54) is 66.2 Å². The summed E-state index contributed by atoms with van der Waals surface area (Å²) in [6.45, 7) is 0. The van der Waals surface area contributed by atoms with Crippen molar-refractivity contribution in [3.05, 3.63) is 181 Å². The van der Waals surface area contributed by atoms with Gasteiger partial charge in [-0.15, -0.1) is 0 Å². The molecule has 0 fully saturated rings. The third kappa shape index (κ3) is 3.71. The Kier molecular flexibility index (Phi) is 5.70. The molecule has 2 aliphatic heterocycles. The summed E-state index contributed by atoms with van der Waals surface area (Å²) >= 11 is 0. The third-order valence-corrected chi connectivity index (χ3v) is 11.8. The van der Waals surface area contributed by atoms with E-state index in [0.717, 1.165) is 34.5 Å². The first-order chi connectivity index (χ1) is 25.8. The Hall–Kier alpha value is -6.52. The van der Waals surface area contributed by atoms with Gasteiger partial charge in [0.15, 0.2) is 0 Å². The molecule has 244 valence electrons. The number of allylic oxidation sites excluding steroid dienone is 6. The summed E-state index contributed by atoms with van der Waals surface area (Å²) in [7, 11) is 0. The molecule has 4 heteroatoms. The number of anilines is 2. The van der Waals surface area contributed by atoms with Crippen molar-refractivity contribution < 1.29 is 0 Å². The third-order valence-electron chi connectivity index (χ3n) is 11.8. The molecule has 2 aromatic heterocycles. The lowest BCUT2D eigenvalue weighted by Crippen LogP contribution is -2.31. The van der Waals surface area contributed by atoms with E-state index >= 15 is 0 Å². The van der Waals surface area contributed by atoms with Gasteiger partial charge in [-0.25, -0.2) is 9.97 Å². The number of hydrogen-bond acceptors (Lipinski definition) is 3. The van der Waals surface area contributed by atoms with E-state index in [1.807, 2.05) is 0 Å². The largest absolute Gasteiger partial charge is 0.308 e. The fourth-order valence-corrected chi connectivity index (χ4v) is 9.71. The topological polar surface area (TPSA) is 34.0 Å². The Morgan fingerprint density at radius 1 is 0.635 bits per heavy atom. The molecule has 0 amide bonds. The lowest BCUT2D eigenvalue weighted by Gasteiger charge is -2.30. The van der Waals surface area contributed by atoms with Gasteiger partial charge >= 0.3 is 0 Å². The van der Waals surface area contributed by atoms with Crippen molar-refractivity contribution in [2.24, 2.45) is 0 Å². The number of nitrogens with zero attached hydrogens (tertiary/aromatic N) is 4. The molecule has 3 atom stereocenters.